The Hall–Kier alpha value is -0.570. The summed E-state index contributed by atoms with van der Waals surface area (Å²) in [6.07, 6.45) is 0.836. The minimum absolute atomic E-state index is 0.0278. The molecule has 0 aliphatic heterocycles. The zero-order valence-electron chi connectivity index (χ0n) is 6.90. The van der Waals surface area contributed by atoms with Crippen molar-refractivity contribution in [3.8, 4) is 0 Å². The molecular weight excluding hydrogens is 128 g/mol. The van der Waals surface area contributed by atoms with E-state index in [0.29, 0.717) is 6.54 Å². The van der Waals surface area contributed by atoms with Crippen LogP contribution in [0.4, 0.5) is 0 Å². The van der Waals surface area contributed by atoms with Crippen LogP contribution in [0.1, 0.15) is 20.3 Å². The molecular formula is C7H16N2O. The number of carbonyl (C=O) groups excluding carboxylic acids is 1. The van der Waals surface area contributed by atoms with Crippen molar-refractivity contribution in [3.63, 3.8) is 0 Å². The van der Waals surface area contributed by atoms with Crippen molar-refractivity contribution >= 4 is 5.91 Å². The van der Waals surface area contributed by atoms with Crippen LogP contribution in [0, 0.1) is 0 Å². The van der Waals surface area contributed by atoms with Crippen LogP contribution in [-0.4, -0.2) is 25.5 Å². The predicted molar refractivity (Wildman–Crippen MR) is 41.8 cm³/mol. The van der Waals surface area contributed by atoms with Crippen molar-refractivity contribution in [3.05, 3.63) is 0 Å². The zero-order valence-corrected chi connectivity index (χ0v) is 6.90. The highest BCUT2D eigenvalue weighted by atomic mass is 16.2. The maximum absolute atomic E-state index is 11.0. The average Bonchev–Trinajstić information content (AvgIpc) is 1.91. The molecule has 0 spiro atoms. The lowest BCUT2D eigenvalue weighted by molar-refractivity contribution is -0.122. The molecule has 0 saturated carbocycles. The van der Waals surface area contributed by atoms with E-state index < -0.39 is 0 Å². The molecule has 0 rings (SSSR count). The largest absolute Gasteiger partial charge is 0.355 e. The van der Waals surface area contributed by atoms with E-state index in [9.17, 15) is 4.79 Å². The lowest BCUT2D eigenvalue weighted by atomic mass is 10.2. The van der Waals surface area contributed by atoms with Gasteiger partial charge in [-0.2, -0.15) is 0 Å². The first kappa shape index (κ1) is 9.43. The Morgan fingerprint density at radius 2 is 2.10 bits per heavy atom. The monoisotopic (exact) mass is 144 g/mol. The number of likely N-dealkylation sites (N-methyl/N-ethyl adjacent to an activating group) is 2. The van der Waals surface area contributed by atoms with E-state index in [1.54, 1.807) is 7.05 Å². The normalized spacial score (nSPS) is 12.7. The van der Waals surface area contributed by atoms with Gasteiger partial charge in [-0.15, -0.1) is 0 Å². The van der Waals surface area contributed by atoms with Gasteiger partial charge in [0.2, 0.25) is 5.91 Å². The molecule has 0 aromatic rings. The topological polar surface area (TPSA) is 41.1 Å². The van der Waals surface area contributed by atoms with Gasteiger partial charge in [0.1, 0.15) is 0 Å². The molecule has 60 valence electrons. The Morgan fingerprint density at radius 3 is 2.40 bits per heavy atom. The number of rotatable bonds is 4. The molecule has 0 aliphatic rings. The predicted octanol–water partition coefficient (Wildman–Crippen LogP) is 0.120. The first-order valence-electron chi connectivity index (χ1n) is 3.71. The molecule has 2 N–H and O–H groups in total. The van der Waals surface area contributed by atoms with Crippen LogP contribution in [-0.2, 0) is 4.79 Å². The Morgan fingerprint density at radius 1 is 1.50 bits per heavy atom. The summed E-state index contributed by atoms with van der Waals surface area (Å²) < 4.78 is 0. The van der Waals surface area contributed by atoms with Gasteiger partial charge in [-0.05, 0) is 20.4 Å². The van der Waals surface area contributed by atoms with Gasteiger partial charge < -0.3 is 10.6 Å². The molecule has 10 heavy (non-hydrogen) atoms. The molecule has 3 heteroatoms. The quantitative estimate of drug-likeness (QED) is 0.588. The van der Waals surface area contributed by atoms with E-state index >= 15 is 0 Å². The first-order chi connectivity index (χ1) is 4.76. The molecule has 0 fully saturated rings. The average molecular weight is 144 g/mol. The minimum atomic E-state index is -0.0278. The Labute approximate surface area is 62.2 Å². The van der Waals surface area contributed by atoms with Gasteiger partial charge in [0.25, 0.3) is 0 Å². The fraction of sp³-hybridized carbons (Fsp3) is 0.857. The fourth-order valence-corrected chi connectivity index (χ4v) is 0.818. The van der Waals surface area contributed by atoms with Crippen LogP contribution in [0.5, 0.6) is 0 Å². The van der Waals surface area contributed by atoms with Gasteiger partial charge in [0, 0.05) is 6.54 Å². The molecule has 0 heterocycles. The molecule has 1 atom stereocenters. The summed E-state index contributed by atoms with van der Waals surface area (Å²) >= 11 is 0. The molecule has 0 aromatic carbocycles. The van der Waals surface area contributed by atoms with Gasteiger partial charge in [-0.25, -0.2) is 0 Å². The molecule has 3 nitrogen and oxygen atoms in total. The van der Waals surface area contributed by atoms with E-state index in [4.69, 9.17) is 0 Å². The third-order valence-electron chi connectivity index (χ3n) is 1.42. The molecule has 0 aromatic heterocycles. The van der Waals surface area contributed by atoms with Crippen molar-refractivity contribution in [1.29, 1.82) is 0 Å². The highest BCUT2D eigenvalue weighted by Crippen LogP contribution is 1.87. The third-order valence-corrected chi connectivity index (χ3v) is 1.42. The highest BCUT2D eigenvalue weighted by molar-refractivity contribution is 5.81. The lowest BCUT2D eigenvalue weighted by Gasteiger charge is -2.11. The summed E-state index contributed by atoms with van der Waals surface area (Å²) in [6.45, 7) is 4.60. The molecule has 0 aliphatic carbocycles. The molecule has 0 bridgehead atoms. The van der Waals surface area contributed by atoms with E-state index in [-0.39, 0.29) is 11.9 Å². The maximum Gasteiger partial charge on any atom is 0.237 e. The van der Waals surface area contributed by atoms with Crippen LogP contribution >= 0.6 is 0 Å². The summed E-state index contributed by atoms with van der Waals surface area (Å²) in [4.78, 5) is 11.0. The fourth-order valence-electron chi connectivity index (χ4n) is 0.818. The van der Waals surface area contributed by atoms with Crippen molar-refractivity contribution in [2.24, 2.45) is 0 Å². The summed E-state index contributed by atoms with van der Waals surface area (Å²) in [5.41, 5.74) is 0. The second-order valence-corrected chi connectivity index (χ2v) is 2.14. The van der Waals surface area contributed by atoms with Crippen LogP contribution in [0.3, 0.4) is 0 Å². The number of carbonyl (C=O) groups is 1. The Bertz CT molecular complexity index is 99.8. The van der Waals surface area contributed by atoms with E-state index in [0.717, 1.165) is 6.42 Å². The number of nitrogens with one attached hydrogen (secondary N) is 2. The van der Waals surface area contributed by atoms with Crippen molar-refractivity contribution in [2.45, 2.75) is 26.3 Å². The van der Waals surface area contributed by atoms with Crippen LogP contribution in [0.2, 0.25) is 0 Å². The second-order valence-electron chi connectivity index (χ2n) is 2.14. The van der Waals surface area contributed by atoms with Gasteiger partial charge in [0.05, 0.1) is 6.04 Å². The van der Waals surface area contributed by atoms with Crippen LogP contribution < -0.4 is 10.6 Å². The Balaban J connectivity index is 3.65. The molecule has 1 unspecified atom stereocenters. The third kappa shape index (κ3) is 2.82. The van der Waals surface area contributed by atoms with Gasteiger partial charge in [-0.3, -0.25) is 4.79 Å². The number of hydrogen-bond acceptors (Lipinski definition) is 2. The molecule has 1 amide bonds. The van der Waals surface area contributed by atoms with Gasteiger partial charge in [0.15, 0.2) is 0 Å². The lowest BCUT2D eigenvalue weighted by Crippen LogP contribution is -2.41. The second kappa shape index (κ2) is 5.23. The number of amides is 1. The van der Waals surface area contributed by atoms with Crippen LogP contribution in [0.25, 0.3) is 0 Å². The summed E-state index contributed by atoms with van der Waals surface area (Å²) in [5, 5.41) is 5.67. The smallest absolute Gasteiger partial charge is 0.237 e. The van der Waals surface area contributed by atoms with Gasteiger partial charge in [-0.1, -0.05) is 6.92 Å². The van der Waals surface area contributed by atoms with E-state index in [1.807, 2.05) is 13.8 Å². The maximum atomic E-state index is 11.0. The summed E-state index contributed by atoms with van der Waals surface area (Å²) in [7, 11) is 1.80. The SMILES string of the molecule is CCNC(=O)C(CC)NC. The number of hydrogen-bond donors (Lipinski definition) is 2. The van der Waals surface area contributed by atoms with E-state index in [2.05, 4.69) is 10.6 Å². The molecule has 0 saturated heterocycles. The standard InChI is InChI=1S/C7H16N2O/c1-4-6(8-3)7(10)9-5-2/h6,8H,4-5H2,1-3H3,(H,9,10). The van der Waals surface area contributed by atoms with Crippen molar-refractivity contribution in [2.75, 3.05) is 13.6 Å². The van der Waals surface area contributed by atoms with E-state index in [1.165, 1.54) is 0 Å². The van der Waals surface area contributed by atoms with Crippen molar-refractivity contribution in [1.82, 2.24) is 10.6 Å². The van der Waals surface area contributed by atoms with Gasteiger partial charge >= 0.3 is 0 Å². The molecule has 0 radical (unpaired) electrons. The summed E-state index contributed by atoms with van der Waals surface area (Å²) in [5.74, 6) is 0.0903. The van der Waals surface area contributed by atoms with Crippen LogP contribution in [0.15, 0.2) is 0 Å². The summed E-state index contributed by atoms with van der Waals surface area (Å²) in [6, 6.07) is -0.0278. The van der Waals surface area contributed by atoms with Crippen molar-refractivity contribution < 1.29 is 4.79 Å². The highest BCUT2D eigenvalue weighted by Gasteiger charge is 2.11. The minimum Gasteiger partial charge on any atom is -0.355 e. The zero-order chi connectivity index (χ0) is 7.98. The first-order valence-corrected chi connectivity index (χ1v) is 3.71. The Kier molecular flexibility index (Phi) is 4.94.